The predicted molar refractivity (Wildman–Crippen MR) is 106 cm³/mol. The lowest BCUT2D eigenvalue weighted by molar-refractivity contribution is -0.204. The minimum atomic E-state index is -1.49. The fourth-order valence-corrected chi connectivity index (χ4v) is 3.45. The molecule has 10 heteroatoms. The molecule has 4 atom stereocenters. The first-order valence-corrected chi connectivity index (χ1v) is 10.7. The number of hydrogen-bond acceptors (Lipinski definition) is 10. The van der Waals surface area contributed by atoms with Crippen molar-refractivity contribution >= 4 is 0 Å². The molecule has 0 aromatic heterocycles. The molecule has 180 valence electrons. The summed E-state index contributed by atoms with van der Waals surface area (Å²) in [4.78, 5) is 0. The lowest BCUT2D eigenvalue weighted by Gasteiger charge is -2.29. The molecule has 6 N–H and O–H groups in total. The van der Waals surface area contributed by atoms with Gasteiger partial charge in [0.15, 0.2) is 11.6 Å². The fourth-order valence-electron chi connectivity index (χ4n) is 3.45. The predicted octanol–water partition coefficient (Wildman–Crippen LogP) is -0.736. The van der Waals surface area contributed by atoms with Crippen LogP contribution in [0, 0.1) is 0 Å². The van der Waals surface area contributed by atoms with E-state index in [0.717, 1.165) is 25.7 Å². The first kappa shape index (κ1) is 27.6. The van der Waals surface area contributed by atoms with Gasteiger partial charge in [0.05, 0.1) is 26.4 Å². The average molecular weight is 441 g/mol. The minimum Gasteiger partial charge on any atom is -0.394 e. The maximum Gasteiger partial charge on any atom is 0.168 e. The second-order valence-corrected chi connectivity index (χ2v) is 7.65. The summed E-state index contributed by atoms with van der Waals surface area (Å²) in [5.41, 5.74) is 0. The van der Waals surface area contributed by atoms with E-state index in [4.69, 9.17) is 44.5 Å². The van der Waals surface area contributed by atoms with Crippen LogP contribution in [-0.4, -0.2) is 105 Å². The second-order valence-electron chi connectivity index (χ2n) is 7.65. The van der Waals surface area contributed by atoms with Crippen molar-refractivity contribution < 1.29 is 49.6 Å². The second kappa shape index (κ2) is 12.6. The molecule has 0 aromatic carbocycles. The Bertz CT molecular complexity index is 429. The molecule has 0 radical (unpaired) electrons. The number of ether oxygens (including phenoxy) is 4. The third-order valence-corrected chi connectivity index (χ3v) is 5.83. The number of hydrogen-bond donors (Lipinski definition) is 6. The zero-order valence-electron chi connectivity index (χ0n) is 18.4. The molecule has 0 unspecified atom stereocenters. The topological polar surface area (TPSA) is 158 Å². The molecular weight excluding hydrogens is 400 g/mol. The molecule has 30 heavy (non-hydrogen) atoms. The van der Waals surface area contributed by atoms with Gasteiger partial charge >= 0.3 is 0 Å². The van der Waals surface area contributed by atoms with E-state index < -0.39 is 49.2 Å². The van der Waals surface area contributed by atoms with Crippen LogP contribution in [-0.2, 0) is 18.9 Å². The SMILES string of the molecule is CCC1(CC)OC[C@@H](C(O)[C@@H]2COC(CC)(CC)O2)O1.OC[C@H](O)C(O)[C@@H](O)CO. The van der Waals surface area contributed by atoms with Gasteiger partial charge in [-0.25, -0.2) is 0 Å². The van der Waals surface area contributed by atoms with Gasteiger partial charge in [0.1, 0.15) is 36.6 Å². The van der Waals surface area contributed by atoms with E-state index in [1.54, 1.807) is 0 Å². The van der Waals surface area contributed by atoms with Crippen LogP contribution in [0.3, 0.4) is 0 Å². The van der Waals surface area contributed by atoms with Gasteiger partial charge in [0.25, 0.3) is 0 Å². The normalized spacial score (nSPS) is 27.2. The van der Waals surface area contributed by atoms with Crippen LogP contribution in [0.2, 0.25) is 0 Å². The molecule has 0 saturated carbocycles. The Morgan fingerprint density at radius 1 is 0.700 bits per heavy atom. The Morgan fingerprint density at radius 3 is 1.27 bits per heavy atom. The molecular formula is C20H40O10. The summed E-state index contributed by atoms with van der Waals surface area (Å²) in [5.74, 6) is -1.09. The molecule has 2 heterocycles. The van der Waals surface area contributed by atoms with E-state index in [0.29, 0.717) is 13.2 Å². The third-order valence-electron chi connectivity index (χ3n) is 5.83. The monoisotopic (exact) mass is 440 g/mol. The van der Waals surface area contributed by atoms with Crippen molar-refractivity contribution in [2.75, 3.05) is 26.4 Å². The first-order valence-electron chi connectivity index (χ1n) is 10.7. The van der Waals surface area contributed by atoms with Crippen LogP contribution in [0.15, 0.2) is 0 Å². The smallest absolute Gasteiger partial charge is 0.168 e. The quantitative estimate of drug-likeness (QED) is 0.256. The van der Waals surface area contributed by atoms with Crippen molar-refractivity contribution in [1.29, 1.82) is 0 Å². The Balaban J connectivity index is 0.000000382. The Kier molecular flexibility index (Phi) is 11.6. The summed E-state index contributed by atoms with van der Waals surface area (Å²) in [5, 5.41) is 53.1. The highest BCUT2D eigenvalue weighted by Crippen LogP contribution is 2.36. The lowest BCUT2D eigenvalue weighted by Crippen LogP contribution is -2.42. The summed E-state index contributed by atoms with van der Waals surface area (Å²) < 4.78 is 23.4. The molecule has 2 aliphatic heterocycles. The van der Waals surface area contributed by atoms with Crippen molar-refractivity contribution in [3.63, 3.8) is 0 Å². The molecule has 2 aliphatic rings. The molecule has 0 amide bonds. The summed E-state index contributed by atoms with van der Waals surface area (Å²) in [6, 6.07) is 0. The van der Waals surface area contributed by atoms with Gasteiger partial charge in [0.2, 0.25) is 0 Å². The van der Waals surface area contributed by atoms with Crippen molar-refractivity contribution in [2.45, 2.75) is 102 Å². The molecule has 0 aromatic rings. The van der Waals surface area contributed by atoms with Gasteiger partial charge in [-0.05, 0) is 25.7 Å². The summed E-state index contributed by atoms with van der Waals surface area (Å²) in [6.07, 6.45) is -2.56. The van der Waals surface area contributed by atoms with Crippen LogP contribution >= 0.6 is 0 Å². The Labute approximate surface area is 178 Å². The van der Waals surface area contributed by atoms with E-state index in [1.165, 1.54) is 0 Å². The maximum absolute atomic E-state index is 10.5. The standard InChI is InChI=1S/C15H28O5.C5H12O5/c1-5-14(6-2)17-9-11(19-14)13(16)12-10-18-15(7-3,8-4)20-12;6-1-3(8)5(10)4(9)2-7/h11-13,16H,5-10H2,1-4H3;3-10H,1-2H2/t11-,12-;3-,4-/m00/s1. The van der Waals surface area contributed by atoms with Gasteiger partial charge in [0, 0.05) is 0 Å². The van der Waals surface area contributed by atoms with Gasteiger partial charge in [-0.3, -0.25) is 0 Å². The van der Waals surface area contributed by atoms with Gasteiger partial charge < -0.3 is 49.6 Å². The lowest BCUT2D eigenvalue weighted by atomic mass is 10.1. The third kappa shape index (κ3) is 6.80. The van der Waals surface area contributed by atoms with Gasteiger partial charge in [-0.1, -0.05) is 27.7 Å². The van der Waals surface area contributed by atoms with Crippen molar-refractivity contribution in [3.05, 3.63) is 0 Å². The van der Waals surface area contributed by atoms with E-state index in [-0.39, 0.29) is 12.2 Å². The molecule has 10 nitrogen and oxygen atoms in total. The zero-order chi connectivity index (χ0) is 22.9. The van der Waals surface area contributed by atoms with Crippen molar-refractivity contribution in [1.82, 2.24) is 0 Å². The molecule has 0 aliphatic carbocycles. The Morgan fingerprint density at radius 2 is 1.03 bits per heavy atom. The summed E-state index contributed by atoms with van der Waals surface area (Å²) in [7, 11) is 0. The molecule has 0 bridgehead atoms. The van der Waals surface area contributed by atoms with Crippen molar-refractivity contribution in [3.8, 4) is 0 Å². The molecule has 2 fully saturated rings. The van der Waals surface area contributed by atoms with Crippen LogP contribution in [0.5, 0.6) is 0 Å². The minimum absolute atomic E-state index is 0.340. The zero-order valence-corrected chi connectivity index (χ0v) is 18.4. The van der Waals surface area contributed by atoms with E-state index in [1.807, 2.05) is 27.7 Å². The number of rotatable bonds is 10. The van der Waals surface area contributed by atoms with Crippen LogP contribution in [0.1, 0.15) is 53.4 Å². The van der Waals surface area contributed by atoms with E-state index >= 15 is 0 Å². The average Bonchev–Trinajstić information content (AvgIpc) is 3.43. The molecule has 2 saturated heterocycles. The van der Waals surface area contributed by atoms with Crippen LogP contribution < -0.4 is 0 Å². The summed E-state index contributed by atoms with van der Waals surface area (Å²) in [6.45, 7) is 7.68. The highest BCUT2D eigenvalue weighted by molar-refractivity contribution is 4.89. The number of aliphatic hydroxyl groups is 6. The first-order chi connectivity index (χ1) is 14.2. The van der Waals surface area contributed by atoms with Gasteiger partial charge in [-0.2, -0.15) is 0 Å². The Hall–Kier alpha value is -0.400. The van der Waals surface area contributed by atoms with Gasteiger partial charge in [-0.15, -0.1) is 0 Å². The maximum atomic E-state index is 10.5. The fraction of sp³-hybridized carbons (Fsp3) is 1.00. The highest BCUT2D eigenvalue weighted by atomic mass is 16.8. The van der Waals surface area contributed by atoms with Crippen LogP contribution in [0.4, 0.5) is 0 Å². The summed E-state index contributed by atoms with van der Waals surface area (Å²) >= 11 is 0. The molecule has 2 rings (SSSR count). The van der Waals surface area contributed by atoms with Crippen LogP contribution in [0.25, 0.3) is 0 Å². The largest absolute Gasteiger partial charge is 0.394 e. The highest BCUT2D eigenvalue weighted by Gasteiger charge is 2.48. The van der Waals surface area contributed by atoms with E-state index in [9.17, 15) is 5.11 Å². The van der Waals surface area contributed by atoms with Crippen molar-refractivity contribution in [2.24, 2.45) is 0 Å². The molecule has 0 spiro atoms. The van der Waals surface area contributed by atoms with E-state index in [2.05, 4.69) is 0 Å². The number of aliphatic hydroxyl groups excluding tert-OH is 6.